The van der Waals surface area contributed by atoms with E-state index in [-0.39, 0.29) is 6.10 Å². The van der Waals surface area contributed by atoms with E-state index < -0.39 is 0 Å². The quantitative estimate of drug-likeness (QED) is 0.904. The SMILES string of the molecule is CC(C)c1nccc(CN2C[C@H](O)[C@@H](N3CCCC3)C2)n1. The number of β-amino-alcohol motifs (C(OH)–C–C–N with tert-alkyl or cyclic N) is 1. The van der Waals surface area contributed by atoms with Crippen molar-refractivity contribution in [1.82, 2.24) is 19.8 Å². The Hall–Kier alpha value is -1.04. The maximum absolute atomic E-state index is 10.3. The summed E-state index contributed by atoms with van der Waals surface area (Å²) in [5.74, 6) is 1.26. The number of nitrogens with zero attached hydrogens (tertiary/aromatic N) is 4. The van der Waals surface area contributed by atoms with Gasteiger partial charge in [-0.3, -0.25) is 9.80 Å². The van der Waals surface area contributed by atoms with E-state index in [1.54, 1.807) is 0 Å². The highest BCUT2D eigenvalue weighted by Gasteiger charge is 2.36. The normalized spacial score (nSPS) is 27.8. The fraction of sp³-hybridized carbons (Fsp3) is 0.750. The molecule has 2 atom stereocenters. The van der Waals surface area contributed by atoms with Crippen LogP contribution in [0.1, 0.15) is 44.1 Å². The molecule has 2 aliphatic rings. The van der Waals surface area contributed by atoms with Crippen LogP contribution in [0.5, 0.6) is 0 Å². The van der Waals surface area contributed by atoms with Crippen molar-refractivity contribution in [1.29, 1.82) is 0 Å². The molecular weight excluding hydrogens is 264 g/mol. The molecule has 0 aromatic carbocycles. The number of likely N-dealkylation sites (tertiary alicyclic amines) is 2. The molecule has 3 heterocycles. The van der Waals surface area contributed by atoms with Gasteiger partial charge in [0.2, 0.25) is 0 Å². The van der Waals surface area contributed by atoms with Gasteiger partial charge >= 0.3 is 0 Å². The Labute approximate surface area is 127 Å². The van der Waals surface area contributed by atoms with Gasteiger partial charge in [-0.2, -0.15) is 0 Å². The van der Waals surface area contributed by atoms with Gasteiger partial charge in [0, 0.05) is 37.8 Å². The van der Waals surface area contributed by atoms with Gasteiger partial charge in [-0.1, -0.05) is 13.8 Å². The largest absolute Gasteiger partial charge is 0.390 e. The third-order valence-electron chi connectivity index (χ3n) is 4.58. The molecule has 0 amide bonds. The lowest BCUT2D eigenvalue weighted by molar-refractivity contribution is 0.0978. The van der Waals surface area contributed by atoms with Crippen LogP contribution in [0, 0.1) is 0 Å². The van der Waals surface area contributed by atoms with Gasteiger partial charge in [-0.25, -0.2) is 9.97 Å². The van der Waals surface area contributed by atoms with Crippen LogP contribution >= 0.6 is 0 Å². The molecule has 5 heteroatoms. The Morgan fingerprint density at radius 2 is 2.05 bits per heavy atom. The standard InChI is InChI=1S/C16H26N4O/c1-12(2)16-17-6-5-13(18-16)9-19-10-14(15(21)11-19)20-7-3-4-8-20/h5-6,12,14-15,21H,3-4,7-11H2,1-2H3/t14-,15-/m0/s1. The monoisotopic (exact) mass is 290 g/mol. The fourth-order valence-corrected chi connectivity index (χ4v) is 3.42. The van der Waals surface area contributed by atoms with Crippen LogP contribution in [0.4, 0.5) is 0 Å². The number of hydrogen-bond acceptors (Lipinski definition) is 5. The number of aliphatic hydroxyl groups excluding tert-OH is 1. The van der Waals surface area contributed by atoms with Crippen LogP contribution in [-0.4, -0.2) is 63.2 Å². The molecule has 0 unspecified atom stereocenters. The van der Waals surface area contributed by atoms with E-state index >= 15 is 0 Å². The van der Waals surface area contributed by atoms with Crippen molar-refractivity contribution in [2.75, 3.05) is 26.2 Å². The van der Waals surface area contributed by atoms with Crippen LogP contribution in [0.15, 0.2) is 12.3 Å². The highest BCUT2D eigenvalue weighted by molar-refractivity contribution is 5.06. The fourth-order valence-electron chi connectivity index (χ4n) is 3.42. The van der Waals surface area contributed by atoms with Gasteiger partial charge in [-0.05, 0) is 32.0 Å². The molecule has 21 heavy (non-hydrogen) atoms. The minimum Gasteiger partial charge on any atom is -0.390 e. The summed E-state index contributed by atoms with van der Waals surface area (Å²) in [5, 5.41) is 10.3. The highest BCUT2D eigenvalue weighted by atomic mass is 16.3. The first-order valence-corrected chi connectivity index (χ1v) is 8.10. The van der Waals surface area contributed by atoms with Crippen molar-refractivity contribution < 1.29 is 5.11 Å². The number of hydrogen-bond donors (Lipinski definition) is 1. The van der Waals surface area contributed by atoms with Gasteiger partial charge in [-0.15, -0.1) is 0 Å². The third kappa shape index (κ3) is 3.42. The molecule has 0 radical (unpaired) electrons. The first-order chi connectivity index (χ1) is 10.1. The lowest BCUT2D eigenvalue weighted by Gasteiger charge is -2.25. The van der Waals surface area contributed by atoms with E-state index in [1.165, 1.54) is 12.8 Å². The third-order valence-corrected chi connectivity index (χ3v) is 4.58. The van der Waals surface area contributed by atoms with E-state index in [0.29, 0.717) is 12.0 Å². The highest BCUT2D eigenvalue weighted by Crippen LogP contribution is 2.22. The molecule has 116 valence electrons. The molecule has 0 bridgehead atoms. The van der Waals surface area contributed by atoms with Gasteiger partial charge in [0.25, 0.3) is 0 Å². The zero-order chi connectivity index (χ0) is 14.8. The molecule has 3 rings (SSSR count). The molecule has 0 saturated carbocycles. The van der Waals surface area contributed by atoms with Gasteiger partial charge in [0.15, 0.2) is 0 Å². The van der Waals surface area contributed by atoms with Crippen molar-refractivity contribution in [3.05, 3.63) is 23.8 Å². The maximum Gasteiger partial charge on any atom is 0.131 e. The Kier molecular flexibility index (Phi) is 4.52. The summed E-state index contributed by atoms with van der Waals surface area (Å²) >= 11 is 0. The van der Waals surface area contributed by atoms with Crippen molar-refractivity contribution in [3.8, 4) is 0 Å². The summed E-state index contributed by atoms with van der Waals surface area (Å²) in [6.45, 7) is 9.01. The van der Waals surface area contributed by atoms with E-state index in [2.05, 4.69) is 33.6 Å². The summed E-state index contributed by atoms with van der Waals surface area (Å²) in [5.41, 5.74) is 1.06. The molecule has 2 saturated heterocycles. The molecule has 1 aromatic heterocycles. The zero-order valence-electron chi connectivity index (χ0n) is 13.1. The number of aliphatic hydroxyl groups is 1. The van der Waals surface area contributed by atoms with Crippen LogP contribution in [0.2, 0.25) is 0 Å². The van der Waals surface area contributed by atoms with Crippen LogP contribution in [0.25, 0.3) is 0 Å². The molecule has 1 aromatic rings. The molecule has 1 N–H and O–H groups in total. The Balaban J connectivity index is 1.62. The van der Waals surface area contributed by atoms with E-state index in [1.807, 2.05) is 12.3 Å². The van der Waals surface area contributed by atoms with Crippen molar-refractivity contribution in [2.24, 2.45) is 0 Å². The van der Waals surface area contributed by atoms with Gasteiger partial charge in [0.1, 0.15) is 5.82 Å². The lowest BCUT2D eigenvalue weighted by Crippen LogP contribution is -2.41. The van der Waals surface area contributed by atoms with Crippen molar-refractivity contribution in [3.63, 3.8) is 0 Å². The summed E-state index contributed by atoms with van der Waals surface area (Å²) in [6, 6.07) is 2.29. The van der Waals surface area contributed by atoms with Crippen LogP contribution in [0.3, 0.4) is 0 Å². The first-order valence-electron chi connectivity index (χ1n) is 8.10. The summed E-state index contributed by atoms with van der Waals surface area (Å²) in [4.78, 5) is 13.7. The van der Waals surface area contributed by atoms with E-state index in [0.717, 1.165) is 44.2 Å². The topological polar surface area (TPSA) is 52.5 Å². The molecule has 0 aliphatic carbocycles. The second-order valence-corrected chi connectivity index (χ2v) is 6.63. The van der Waals surface area contributed by atoms with Crippen molar-refractivity contribution in [2.45, 2.75) is 51.3 Å². The average molecular weight is 290 g/mol. The predicted molar refractivity (Wildman–Crippen MR) is 82.0 cm³/mol. The summed E-state index contributed by atoms with van der Waals surface area (Å²) in [6.07, 6.45) is 4.16. The maximum atomic E-state index is 10.3. The molecule has 2 fully saturated rings. The Bertz CT molecular complexity index is 473. The Morgan fingerprint density at radius 1 is 1.29 bits per heavy atom. The van der Waals surface area contributed by atoms with Crippen molar-refractivity contribution >= 4 is 0 Å². The van der Waals surface area contributed by atoms with E-state index in [4.69, 9.17) is 0 Å². The minimum atomic E-state index is -0.227. The first kappa shape index (κ1) is 14.9. The van der Waals surface area contributed by atoms with Gasteiger partial charge < -0.3 is 5.11 Å². The molecule has 5 nitrogen and oxygen atoms in total. The smallest absolute Gasteiger partial charge is 0.131 e. The van der Waals surface area contributed by atoms with Crippen LogP contribution in [-0.2, 0) is 6.54 Å². The minimum absolute atomic E-state index is 0.227. The zero-order valence-corrected chi connectivity index (χ0v) is 13.1. The number of aromatic nitrogens is 2. The van der Waals surface area contributed by atoms with Crippen LogP contribution < -0.4 is 0 Å². The summed E-state index contributed by atoms with van der Waals surface area (Å²) < 4.78 is 0. The van der Waals surface area contributed by atoms with E-state index in [9.17, 15) is 5.11 Å². The lowest BCUT2D eigenvalue weighted by atomic mass is 10.2. The second-order valence-electron chi connectivity index (χ2n) is 6.63. The predicted octanol–water partition coefficient (Wildman–Crippen LogP) is 1.24. The Morgan fingerprint density at radius 3 is 2.76 bits per heavy atom. The number of rotatable bonds is 4. The molecular formula is C16H26N4O. The van der Waals surface area contributed by atoms with Gasteiger partial charge in [0.05, 0.1) is 11.8 Å². The molecule has 2 aliphatic heterocycles. The molecule has 0 spiro atoms. The second kappa shape index (κ2) is 6.38. The average Bonchev–Trinajstić information content (AvgIpc) is 3.08. The summed E-state index contributed by atoms with van der Waals surface area (Å²) in [7, 11) is 0.